The quantitative estimate of drug-likeness (QED) is 0.179. The van der Waals surface area contributed by atoms with Crippen LogP contribution in [-0.4, -0.2) is 30.9 Å². The molecular weight excluding hydrogens is 564 g/mol. The van der Waals surface area contributed by atoms with E-state index in [1.165, 1.54) is 37.5 Å². The summed E-state index contributed by atoms with van der Waals surface area (Å²) in [6.07, 6.45) is 1.44. The first-order valence-corrected chi connectivity index (χ1v) is 12.6. The van der Waals surface area contributed by atoms with Crippen molar-refractivity contribution in [1.82, 2.24) is 5.32 Å². The van der Waals surface area contributed by atoms with Gasteiger partial charge < -0.3 is 9.47 Å². The summed E-state index contributed by atoms with van der Waals surface area (Å²) in [6, 6.07) is 23.7. The zero-order valence-corrected chi connectivity index (χ0v) is 22.2. The molecule has 1 heterocycles. The van der Waals surface area contributed by atoms with Gasteiger partial charge >= 0.3 is 12.0 Å². The van der Waals surface area contributed by atoms with E-state index in [1.807, 2.05) is 54.6 Å². The van der Waals surface area contributed by atoms with Crippen molar-refractivity contribution >= 4 is 62.3 Å². The summed E-state index contributed by atoms with van der Waals surface area (Å²) in [5, 5.41) is 3.88. The highest BCUT2D eigenvalue weighted by Gasteiger charge is 2.37. The van der Waals surface area contributed by atoms with Gasteiger partial charge in [-0.15, -0.1) is 0 Å². The Morgan fingerprint density at radius 2 is 1.64 bits per heavy atom. The second kappa shape index (κ2) is 10.9. The molecule has 9 heteroatoms. The van der Waals surface area contributed by atoms with Gasteiger partial charge in [0, 0.05) is 10.0 Å². The van der Waals surface area contributed by atoms with Crippen molar-refractivity contribution in [3.8, 4) is 5.75 Å². The van der Waals surface area contributed by atoms with Crippen LogP contribution in [0.1, 0.15) is 21.5 Å². The zero-order valence-electron chi connectivity index (χ0n) is 20.6. The van der Waals surface area contributed by atoms with Crippen LogP contribution in [0, 0.1) is 0 Å². The van der Waals surface area contributed by atoms with Gasteiger partial charge in [0.1, 0.15) is 17.9 Å². The molecule has 0 bridgehead atoms. The van der Waals surface area contributed by atoms with Crippen LogP contribution in [0.4, 0.5) is 10.5 Å². The van der Waals surface area contributed by atoms with Crippen molar-refractivity contribution in [2.45, 2.75) is 6.61 Å². The molecule has 1 saturated heterocycles. The van der Waals surface area contributed by atoms with Crippen LogP contribution in [0.15, 0.2) is 95.0 Å². The number of benzene rings is 4. The fourth-order valence-corrected chi connectivity index (χ4v) is 4.46. The molecule has 0 aliphatic carbocycles. The minimum atomic E-state index is -0.891. The lowest BCUT2D eigenvalue weighted by Crippen LogP contribution is -2.54. The highest BCUT2D eigenvalue weighted by atomic mass is 79.9. The summed E-state index contributed by atoms with van der Waals surface area (Å²) in [7, 11) is 1.25. The maximum Gasteiger partial charge on any atom is 0.337 e. The molecule has 194 valence electrons. The number of urea groups is 1. The minimum absolute atomic E-state index is 0.188. The Morgan fingerprint density at radius 1 is 0.923 bits per heavy atom. The predicted octanol–water partition coefficient (Wildman–Crippen LogP) is 5.63. The molecule has 4 amide bonds. The van der Waals surface area contributed by atoms with E-state index >= 15 is 0 Å². The third kappa shape index (κ3) is 5.30. The molecule has 8 nitrogen and oxygen atoms in total. The molecule has 4 aromatic carbocycles. The van der Waals surface area contributed by atoms with Gasteiger partial charge in [-0.1, -0.05) is 58.4 Å². The van der Waals surface area contributed by atoms with E-state index in [1.54, 1.807) is 6.07 Å². The average molecular weight is 585 g/mol. The highest BCUT2D eigenvalue weighted by molar-refractivity contribution is 9.10. The third-order valence-electron chi connectivity index (χ3n) is 6.18. The molecule has 0 atom stereocenters. The maximum atomic E-state index is 13.5. The summed E-state index contributed by atoms with van der Waals surface area (Å²) < 4.78 is 11.8. The van der Waals surface area contributed by atoms with Gasteiger partial charge in [-0.25, -0.2) is 14.5 Å². The second-order valence-electron chi connectivity index (χ2n) is 8.61. The number of imide groups is 2. The zero-order chi connectivity index (χ0) is 27.5. The van der Waals surface area contributed by atoms with E-state index in [-0.39, 0.29) is 23.4 Å². The molecular formula is C30H21BrN2O6. The molecule has 0 aromatic heterocycles. The fourth-order valence-electron chi connectivity index (χ4n) is 4.19. The number of anilines is 1. The number of carbonyl (C=O) groups excluding carboxylic acids is 4. The van der Waals surface area contributed by atoms with Gasteiger partial charge in [-0.05, 0) is 64.9 Å². The molecule has 5 rings (SSSR count). The largest absolute Gasteiger partial charge is 0.488 e. The van der Waals surface area contributed by atoms with Gasteiger partial charge in [-0.3, -0.25) is 14.9 Å². The predicted molar refractivity (Wildman–Crippen MR) is 149 cm³/mol. The van der Waals surface area contributed by atoms with Crippen molar-refractivity contribution in [2.24, 2.45) is 0 Å². The smallest absolute Gasteiger partial charge is 0.337 e. The van der Waals surface area contributed by atoms with Crippen molar-refractivity contribution in [3.05, 3.63) is 112 Å². The van der Waals surface area contributed by atoms with Crippen LogP contribution in [0.3, 0.4) is 0 Å². The van der Waals surface area contributed by atoms with Gasteiger partial charge in [0.15, 0.2) is 0 Å². The van der Waals surface area contributed by atoms with Gasteiger partial charge in [0.05, 0.1) is 18.4 Å². The minimum Gasteiger partial charge on any atom is -0.488 e. The molecule has 0 spiro atoms. The Morgan fingerprint density at radius 3 is 2.36 bits per heavy atom. The van der Waals surface area contributed by atoms with Crippen LogP contribution in [-0.2, 0) is 20.9 Å². The molecule has 1 fully saturated rings. The van der Waals surface area contributed by atoms with Gasteiger partial charge in [0.25, 0.3) is 11.8 Å². The van der Waals surface area contributed by atoms with E-state index in [0.29, 0.717) is 11.3 Å². The lowest BCUT2D eigenvalue weighted by Gasteiger charge is -2.26. The first kappa shape index (κ1) is 25.9. The van der Waals surface area contributed by atoms with Crippen LogP contribution in [0.5, 0.6) is 5.75 Å². The summed E-state index contributed by atoms with van der Waals surface area (Å²) in [5.74, 6) is -1.71. The standard InChI is InChI=1S/C30H21BrN2O6/c1-38-29(36)20-8-13-22(14-9-20)33-28(35)25(27(34)32-30(33)37)16-24-23-5-3-2-4-19(23)10-15-26(24)39-17-18-6-11-21(31)12-7-18/h2-16H,17H2,1H3,(H,32,34,37)/b25-16+. The number of ether oxygens (including phenoxy) is 2. The Kier molecular flexibility index (Phi) is 7.25. The van der Waals surface area contributed by atoms with Crippen molar-refractivity contribution in [3.63, 3.8) is 0 Å². The molecule has 4 aromatic rings. The number of nitrogens with one attached hydrogen (secondary N) is 1. The number of fused-ring (bicyclic) bond motifs is 1. The Balaban J connectivity index is 1.54. The van der Waals surface area contributed by atoms with E-state index in [0.717, 1.165) is 25.7 Å². The number of carbonyl (C=O) groups is 4. The van der Waals surface area contributed by atoms with E-state index in [2.05, 4.69) is 21.2 Å². The highest BCUT2D eigenvalue weighted by Crippen LogP contribution is 2.32. The SMILES string of the molecule is COC(=O)c1ccc(N2C(=O)NC(=O)/C(=C\c3c(OCc4ccc(Br)cc4)ccc4ccccc34)C2=O)cc1. The first-order valence-electron chi connectivity index (χ1n) is 11.8. The summed E-state index contributed by atoms with van der Waals surface area (Å²) in [6.45, 7) is 0.263. The number of hydrogen-bond acceptors (Lipinski definition) is 6. The number of methoxy groups -OCH3 is 1. The molecule has 1 N–H and O–H groups in total. The average Bonchev–Trinajstić information content (AvgIpc) is 2.95. The Hall–Kier alpha value is -4.76. The number of rotatable bonds is 6. The van der Waals surface area contributed by atoms with E-state index in [9.17, 15) is 19.2 Å². The number of amides is 4. The second-order valence-corrected chi connectivity index (χ2v) is 9.53. The molecule has 1 aliphatic rings. The molecule has 0 radical (unpaired) electrons. The Labute approximate surface area is 232 Å². The monoisotopic (exact) mass is 584 g/mol. The summed E-state index contributed by atoms with van der Waals surface area (Å²) in [5.41, 5.74) is 1.66. The van der Waals surface area contributed by atoms with Crippen molar-refractivity contribution < 1.29 is 28.7 Å². The van der Waals surface area contributed by atoms with Gasteiger partial charge in [-0.2, -0.15) is 0 Å². The molecule has 39 heavy (non-hydrogen) atoms. The number of halogens is 1. The summed E-state index contributed by atoms with van der Waals surface area (Å²) >= 11 is 3.42. The first-order chi connectivity index (χ1) is 18.9. The number of esters is 1. The molecule has 1 aliphatic heterocycles. The summed E-state index contributed by atoms with van der Waals surface area (Å²) in [4.78, 5) is 51.7. The van der Waals surface area contributed by atoms with E-state index < -0.39 is 23.8 Å². The number of hydrogen-bond donors (Lipinski definition) is 1. The van der Waals surface area contributed by atoms with Gasteiger partial charge in [0.2, 0.25) is 0 Å². The lowest BCUT2D eigenvalue weighted by molar-refractivity contribution is -0.122. The van der Waals surface area contributed by atoms with E-state index in [4.69, 9.17) is 9.47 Å². The maximum absolute atomic E-state index is 13.5. The lowest BCUT2D eigenvalue weighted by atomic mass is 9.99. The third-order valence-corrected chi connectivity index (χ3v) is 6.70. The fraction of sp³-hybridized carbons (Fsp3) is 0.0667. The molecule has 0 unspecified atom stereocenters. The van der Waals surface area contributed by atoms with Crippen LogP contribution in [0.2, 0.25) is 0 Å². The van der Waals surface area contributed by atoms with Crippen LogP contribution >= 0.6 is 15.9 Å². The van der Waals surface area contributed by atoms with Crippen molar-refractivity contribution in [1.29, 1.82) is 0 Å². The topological polar surface area (TPSA) is 102 Å². The normalized spacial score (nSPS) is 14.5. The number of nitrogens with zero attached hydrogens (tertiary/aromatic N) is 1. The van der Waals surface area contributed by atoms with Crippen molar-refractivity contribution in [2.75, 3.05) is 12.0 Å². The van der Waals surface area contributed by atoms with Crippen LogP contribution in [0.25, 0.3) is 16.8 Å². The molecule has 0 saturated carbocycles. The number of barbiturate groups is 1. The van der Waals surface area contributed by atoms with Crippen LogP contribution < -0.4 is 15.0 Å². The Bertz CT molecular complexity index is 1640.